The molecule has 1 atom stereocenters. The summed E-state index contributed by atoms with van der Waals surface area (Å²) in [5.74, 6) is 1.37. The van der Waals surface area contributed by atoms with Crippen LogP contribution in [-0.2, 0) is 39.7 Å². The third kappa shape index (κ3) is 16.8. The number of sulfone groups is 1. The summed E-state index contributed by atoms with van der Waals surface area (Å²) < 4.78 is 39.2. The number of rotatable bonds is 18. The van der Waals surface area contributed by atoms with E-state index in [-0.39, 0.29) is 27.7 Å². The van der Waals surface area contributed by atoms with Crippen LogP contribution in [0, 0.1) is 0 Å². The first kappa shape index (κ1) is 64.0. The van der Waals surface area contributed by atoms with Gasteiger partial charge in [-0.2, -0.15) is 0 Å². The molecule has 1 aliphatic heterocycles. The molecule has 0 unspecified atom stereocenters. The van der Waals surface area contributed by atoms with Crippen LogP contribution >= 0.6 is 34.9 Å². The van der Waals surface area contributed by atoms with E-state index in [1.165, 1.54) is 31.8 Å². The number of nitrogen functional groups attached to an aromatic ring is 1. The van der Waals surface area contributed by atoms with Gasteiger partial charge in [-0.3, -0.25) is 0 Å². The molecule has 81 heavy (non-hydrogen) atoms. The molecule has 1 aromatic heterocycles. The van der Waals surface area contributed by atoms with E-state index in [0.29, 0.717) is 79.5 Å². The van der Waals surface area contributed by atoms with Crippen molar-refractivity contribution in [2.24, 2.45) is 0 Å². The van der Waals surface area contributed by atoms with Crippen molar-refractivity contribution < 1.29 is 33.5 Å². The zero-order valence-corrected chi connectivity index (χ0v) is 54.3. The Bertz CT molecular complexity index is 2890. The maximum Gasteiger partial charge on any atom is -0.0134 e. The Labute approximate surface area is 503 Å². The van der Waals surface area contributed by atoms with Gasteiger partial charge in [0.25, 0.3) is 0 Å². The van der Waals surface area contributed by atoms with Crippen LogP contribution in [0.5, 0.6) is 0 Å². The fourth-order valence-corrected chi connectivity index (χ4v) is 23.2. The Hall–Kier alpha value is -4.59. The van der Waals surface area contributed by atoms with Gasteiger partial charge in [-0.25, -0.2) is 18.4 Å². The van der Waals surface area contributed by atoms with Crippen LogP contribution < -0.4 is 42.5 Å². The van der Waals surface area contributed by atoms with Gasteiger partial charge in [0.1, 0.15) is 10.6 Å². The third-order valence-corrected chi connectivity index (χ3v) is 28.7. The first-order valence-corrected chi connectivity index (χ1v) is 38.3. The largest absolute Gasteiger partial charge is 0.0622 e. The van der Waals surface area contributed by atoms with Crippen molar-refractivity contribution in [3.63, 3.8) is 0 Å². The molecule has 0 bridgehead atoms. The Morgan fingerprint density at radius 1 is 0.630 bits per heavy atom. The molecule has 0 spiro atoms. The predicted molar refractivity (Wildman–Crippen MR) is 348 cm³/mol. The van der Waals surface area contributed by atoms with Crippen molar-refractivity contribution in [3.05, 3.63) is 218 Å². The summed E-state index contributed by atoms with van der Waals surface area (Å²) in [5.41, 5.74) is 9.39. The van der Waals surface area contributed by atoms with E-state index < -0.39 is 38.7 Å². The quantitative estimate of drug-likeness (QED) is 0.0392. The third-order valence-electron chi connectivity index (χ3n) is 15.0. The Balaban J connectivity index is 0.000000191. The van der Waals surface area contributed by atoms with Gasteiger partial charge in [-0.15, -0.1) is 0 Å². The number of nitrogens with zero attached hydrogens (tertiary/aromatic N) is 3. The molecule has 8 nitrogen and oxygen atoms in total. The molecule has 10 rings (SSSR count). The minimum atomic E-state index is -3.46. The minimum Gasteiger partial charge on any atom is -0.0622 e. The number of hydrogen-bond donors (Lipinski definition) is 1. The van der Waals surface area contributed by atoms with Gasteiger partial charge < -0.3 is 19.8 Å². The predicted octanol–water partition coefficient (Wildman–Crippen LogP) is 14.2. The zero-order chi connectivity index (χ0) is 57.8. The maximum atomic E-state index is 13.9. The van der Waals surface area contributed by atoms with Crippen LogP contribution in [0.1, 0.15) is 73.4 Å². The molecule has 2 heterocycles. The van der Waals surface area contributed by atoms with Crippen molar-refractivity contribution in [1.29, 1.82) is 0 Å². The molecule has 430 valence electrons. The fourth-order valence-electron chi connectivity index (χ4n) is 11.0. The molecule has 2 fully saturated rings. The number of nitrogens with two attached hydrogens (primary N) is 1. The Kier molecular flexibility index (Phi) is 24.8. The van der Waals surface area contributed by atoms with Crippen LogP contribution in [0.3, 0.4) is 0 Å². The molecular weight excluding hydrogens is 1210 g/mol. The van der Waals surface area contributed by atoms with E-state index in [2.05, 4.69) is 235 Å². The number of ether oxygens (including phenoxy) is 1. The van der Waals surface area contributed by atoms with Crippen LogP contribution in [-0.4, -0.2) is 64.9 Å². The smallest absolute Gasteiger partial charge is 0.0134 e. The second kappa shape index (κ2) is 31.3. The molecular formula is C66H78Cl2N4O4P2PdSSi. The van der Waals surface area contributed by atoms with Gasteiger partial charge in [-0.05, 0) is 115 Å². The Morgan fingerprint density at radius 3 is 1.33 bits per heavy atom. The summed E-state index contributed by atoms with van der Waals surface area (Å²) in [6.07, 6.45) is 1.65. The monoisotopic (exact) mass is 1290 g/mol. The molecule has 1 saturated carbocycles. The molecule has 15 heteroatoms. The van der Waals surface area contributed by atoms with E-state index in [0.717, 1.165) is 11.4 Å². The minimum absolute atomic E-state index is 0.0935. The summed E-state index contributed by atoms with van der Waals surface area (Å²) in [7, 11) is 3.23. The van der Waals surface area contributed by atoms with Gasteiger partial charge in [0.15, 0.2) is 24.0 Å². The first-order chi connectivity index (χ1) is 39.1. The van der Waals surface area contributed by atoms with E-state index in [1.54, 1.807) is 0 Å². The van der Waals surface area contributed by atoms with Crippen LogP contribution in [0.25, 0.3) is 11.4 Å². The number of halogens is 2. The van der Waals surface area contributed by atoms with Gasteiger partial charge in [-0.1, -0.05) is 224 Å². The summed E-state index contributed by atoms with van der Waals surface area (Å²) in [6.45, 7) is 18.0. The van der Waals surface area contributed by atoms with Gasteiger partial charge >= 0.3 is 35.0 Å². The molecule has 2 N–H and O–H groups in total. The van der Waals surface area contributed by atoms with Gasteiger partial charge in [0.05, 0.1) is 30.7 Å². The molecule has 2 aliphatic rings. The molecule has 0 amide bonds. The van der Waals surface area contributed by atoms with Gasteiger partial charge in [0, 0.05) is 30.5 Å². The molecule has 8 aromatic rings. The van der Waals surface area contributed by atoms with E-state index in [4.69, 9.17) is 43.9 Å². The second-order valence-corrected chi connectivity index (χ2v) is 35.9. The summed E-state index contributed by atoms with van der Waals surface area (Å²) in [6, 6.07) is 74.1. The number of hydrogen-bond acceptors (Lipinski definition) is 8. The second-order valence-electron chi connectivity index (χ2n) is 21.2. The zero-order valence-electron chi connectivity index (χ0n) is 47.6. The van der Waals surface area contributed by atoms with E-state index in [9.17, 15) is 8.42 Å². The fraction of sp³-hybridized carbons (Fsp3) is 0.303. The summed E-state index contributed by atoms with van der Waals surface area (Å²) in [5, 5.41) is 8.39. The number of benzene rings is 7. The molecule has 1 saturated heterocycles. The standard InChI is InChI=1S/C30H48N4O4SSi.2C18H15P.2ClH.Pd/c1-21(2)40(22(3)4,23(5)6)38-16-8-18-39(35,36)30(13-14-30)27-19-28(34-15-17-37-20-24(34)7)33-29(32-27)25-9-11-26(31)12-10-25;2*1-4-10-16(11-5-1)19(17-12-6-2-7-13-17)18-14-8-3-9-15-18;;;/h9-12,19,21-24H,8,13-18,20,31H2,1-7H3;2*1-15H;2*1H;/q;;;;;+2/p-2/t24-;;;;;/m0...../s1. The normalized spacial score (nSPS) is 14.9. The Morgan fingerprint density at radius 2 is 1.00 bits per heavy atom. The summed E-state index contributed by atoms with van der Waals surface area (Å²) >= 11 is -0.106. The topological polar surface area (TPSA) is 108 Å². The summed E-state index contributed by atoms with van der Waals surface area (Å²) in [4.78, 5) is 12.0. The van der Waals surface area contributed by atoms with Gasteiger partial charge in [0.2, 0.25) is 0 Å². The molecule has 7 aromatic carbocycles. The SMILES string of the molecule is CC(C)[Si](OCCCS(=O)(=O)C1(c2cc(N3CCOC[C@@H]3C)nc(-c3ccc(N)cc3)n2)CC1)(C(C)C)C(C)C.[Cl][Pd][Cl].c1ccc(P(c2ccccc2)c2ccccc2)cc1.c1ccc(P(c2ccccc2)c2ccccc2)cc1. The number of morpholine rings is 1. The van der Waals surface area contributed by atoms with Crippen LogP contribution in [0.2, 0.25) is 16.6 Å². The van der Waals surface area contributed by atoms with E-state index >= 15 is 0 Å². The average Bonchev–Trinajstić information content (AvgIpc) is 4.42. The van der Waals surface area contributed by atoms with Crippen LogP contribution in [0.15, 0.2) is 212 Å². The average molecular weight is 1290 g/mol. The van der Waals surface area contributed by atoms with Crippen molar-refractivity contribution in [2.75, 3.05) is 42.8 Å². The molecule has 1 aliphatic carbocycles. The van der Waals surface area contributed by atoms with Crippen molar-refractivity contribution in [1.82, 2.24) is 9.97 Å². The maximum absolute atomic E-state index is 13.9. The number of anilines is 2. The van der Waals surface area contributed by atoms with E-state index in [1.807, 2.05) is 30.3 Å². The number of aromatic nitrogens is 2. The first-order valence-electron chi connectivity index (χ1n) is 27.8. The van der Waals surface area contributed by atoms with Crippen LogP contribution in [0.4, 0.5) is 11.5 Å². The van der Waals surface area contributed by atoms with Crippen molar-refractivity contribution >= 4 is 96.4 Å². The molecule has 0 radical (unpaired) electrons. The van der Waals surface area contributed by atoms with Crippen molar-refractivity contribution in [3.8, 4) is 11.4 Å². The van der Waals surface area contributed by atoms with Crippen molar-refractivity contribution in [2.45, 2.75) is 95.1 Å².